The van der Waals surface area contributed by atoms with Crippen LogP contribution < -0.4 is 19.7 Å². The highest BCUT2D eigenvalue weighted by Gasteiger charge is 2.20. The van der Waals surface area contributed by atoms with Crippen molar-refractivity contribution >= 4 is 29.1 Å². The van der Waals surface area contributed by atoms with Gasteiger partial charge in [0, 0.05) is 37.0 Å². The van der Waals surface area contributed by atoms with E-state index >= 15 is 0 Å². The van der Waals surface area contributed by atoms with Crippen LogP contribution in [0.5, 0.6) is 11.5 Å². The molecule has 1 aromatic heterocycles. The second kappa shape index (κ2) is 7.99. The van der Waals surface area contributed by atoms with E-state index in [9.17, 15) is 0 Å². The summed E-state index contributed by atoms with van der Waals surface area (Å²) in [5, 5.41) is 3.81. The quantitative estimate of drug-likeness (QED) is 0.832. The molecule has 0 aliphatic carbocycles. The lowest BCUT2D eigenvalue weighted by molar-refractivity contribution is 0.405. The number of aryl methyl sites for hydroxylation is 1. The summed E-state index contributed by atoms with van der Waals surface area (Å²) in [5.74, 6) is 3.34. The Kier molecular flexibility index (Phi) is 5.71. The molecule has 1 fully saturated rings. The van der Waals surface area contributed by atoms with Crippen molar-refractivity contribution < 1.29 is 9.47 Å². The van der Waals surface area contributed by atoms with Gasteiger partial charge in [0.05, 0.1) is 24.9 Å². The number of nitrogens with one attached hydrogen (secondary N) is 1. The van der Waals surface area contributed by atoms with Gasteiger partial charge in [-0.1, -0.05) is 18.5 Å². The van der Waals surface area contributed by atoms with Gasteiger partial charge in [-0.25, -0.2) is 4.98 Å². The molecule has 1 saturated heterocycles. The van der Waals surface area contributed by atoms with Crippen LogP contribution in [0.2, 0.25) is 5.02 Å². The zero-order chi connectivity index (χ0) is 18.7. The van der Waals surface area contributed by atoms with Gasteiger partial charge in [-0.2, -0.15) is 4.98 Å². The van der Waals surface area contributed by atoms with E-state index in [1.807, 2.05) is 13.0 Å². The van der Waals surface area contributed by atoms with Gasteiger partial charge in [0.25, 0.3) is 0 Å². The van der Waals surface area contributed by atoms with Crippen molar-refractivity contribution in [3.05, 3.63) is 28.9 Å². The molecule has 0 saturated carbocycles. The molecule has 0 radical (unpaired) electrons. The highest BCUT2D eigenvalue weighted by molar-refractivity contribution is 6.32. The van der Waals surface area contributed by atoms with E-state index in [0.29, 0.717) is 28.3 Å². The molecule has 0 spiro atoms. The van der Waals surface area contributed by atoms with Crippen LogP contribution in [0, 0.1) is 12.8 Å². The van der Waals surface area contributed by atoms with Crippen LogP contribution in [-0.2, 0) is 0 Å². The minimum absolute atomic E-state index is 0.497. The minimum Gasteiger partial charge on any atom is -0.495 e. The smallest absolute Gasteiger partial charge is 0.227 e. The van der Waals surface area contributed by atoms with Crippen LogP contribution >= 0.6 is 11.6 Å². The van der Waals surface area contributed by atoms with Gasteiger partial charge < -0.3 is 19.7 Å². The fourth-order valence-corrected chi connectivity index (χ4v) is 3.46. The van der Waals surface area contributed by atoms with E-state index < -0.39 is 0 Å². The topological polar surface area (TPSA) is 59.5 Å². The average molecular weight is 377 g/mol. The molecule has 0 bridgehead atoms. The third-order valence-corrected chi connectivity index (χ3v) is 4.81. The lowest BCUT2D eigenvalue weighted by atomic mass is 10.0. The van der Waals surface area contributed by atoms with Gasteiger partial charge in [-0.15, -0.1) is 0 Å². The van der Waals surface area contributed by atoms with Crippen LogP contribution in [0.15, 0.2) is 18.2 Å². The van der Waals surface area contributed by atoms with Crippen molar-refractivity contribution in [3.63, 3.8) is 0 Å². The monoisotopic (exact) mass is 376 g/mol. The zero-order valence-electron chi connectivity index (χ0n) is 15.7. The fraction of sp³-hybridized carbons (Fsp3) is 0.474. The van der Waals surface area contributed by atoms with Crippen LogP contribution in [0.25, 0.3) is 0 Å². The number of piperidine rings is 1. The molecular formula is C19H25ClN4O2. The second-order valence-electron chi connectivity index (χ2n) is 6.70. The Morgan fingerprint density at radius 2 is 1.92 bits per heavy atom. The molecule has 2 aromatic rings. The Labute approximate surface area is 159 Å². The summed E-state index contributed by atoms with van der Waals surface area (Å²) in [6.07, 6.45) is 2.43. The molecule has 1 aliphatic rings. The number of methoxy groups -OCH3 is 2. The Bertz CT molecular complexity index is 784. The highest BCUT2D eigenvalue weighted by Crippen LogP contribution is 2.37. The van der Waals surface area contributed by atoms with Crippen molar-refractivity contribution in [3.8, 4) is 11.5 Å². The molecule has 1 N–H and O–H groups in total. The summed E-state index contributed by atoms with van der Waals surface area (Å²) < 4.78 is 10.7. The first kappa shape index (κ1) is 18.6. The fourth-order valence-electron chi connectivity index (χ4n) is 3.23. The lowest BCUT2D eigenvalue weighted by Crippen LogP contribution is -2.35. The maximum atomic E-state index is 6.18. The van der Waals surface area contributed by atoms with Gasteiger partial charge >= 0.3 is 0 Å². The largest absolute Gasteiger partial charge is 0.495 e. The molecule has 2 heterocycles. The van der Waals surface area contributed by atoms with E-state index in [1.54, 1.807) is 26.4 Å². The first-order valence-corrected chi connectivity index (χ1v) is 9.17. The van der Waals surface area contributed by atoms with Gasteiger partial charge in [0.1, 0.15) is 17.3 Å². The van der Waals surface area contributed by atoms with Crippen LogP contribution in [0.1, 0.15) is 25.5 Å². The Balaban J connectivity index is 1.90. The maximum absolute atomic E-state index is 6.18. The molecule has 0 amide bonds. The van der Waals surface area contributed by atoms with Crippen molar-refractivity contribution in [2.75, 3.05) is 37.5 Å². The van der Waals surface area contributed by atoms with E-state index in [4.69, 9.17) is 26.1 Å². The van der Waals surface area contributed by atoms with Gasteiger partial charge in [0.2, 0.25) is 5.95 Å². The van der Waals surface area contributed by atoms with Gasteiger partial charge in [-0.05, 0) is 25.7 Å². The van der Waals surface area contributed by atoms with Crippen LogP contribution in [0.4, 0.5) is 17.5 Å². The van der Waals surface area contributed by atoms with Crippen molar-refractivity contribution in [1.29, 1.82) is 0 Å². The maximum Gasteiger partial charge on any atom is 0.227 e. The molecule has 7 heteroatoms. The molecular weight excluding hydrogens is 352 g/mol. The number of nitrogens with zero attached hydrogens (tertiary/aromatic N) is 3. The summed E-state index contributed by atoms with van der Waals surface area (Å²) in [5.41, 5.74) is 1.65. The number of hydrogen-bond donors (Lipinski definition) is 1. The number of ether oxygens (including phenoxy) is 2. The predicted octanol–water partition coefficient (Wildman–Crippen LogP) is 4.44. The summed E-state index contributed by atoms with van der Waals surface area (Å²) >= 11 is 6.18. The van der Waals surface area contributed by atoms with Crippen molar-refractivity contribution in [2.24, 2.45) is 5.92 Å². The summed E-state index contributed by atoms with van der Waals surface area (Å²) in [7, 11) is 3.19. The van der Waals surface area contributed by atoms with Crippen LogP contribution in [-0.4, -0.2) is 37.3 Å². The average Bonchev–Trinajstić information content (AvgIpc) is 2.62. The van der Waals surface area contributed by atoms with E-state index in [0.717, 1.165) is 30.4 Å². The predicted molar refractivity (Wildman–Crippen MR) is 105 cm³/mol. The summed E-state index contributed by atoms with van der Waals surface area (Å²) in [6, 6.07) is 5.45. The zero-order valence-corrected chi connectivity index (χ0v) is 16.4. The molecule has 1 unspecified atom stereocenters. The third-order valence-electron chi connectivity index (χ3n) is 4.52. The first-order valence-electron chi connectivity index (χ1n) is 8.79. The number of halogens is 1. The molecule has 6 nitrogen and oxygen atoms in total. The summed E-state index contributed by atoms with van der Waals surface area (Å²) in [4.78, 5) is 11.6. The number of hydrogen-bond acceptors (Lipinski definition) is 6. The Morgan fingerprint density at radius 3 is 2.62 bits per heavy atom. The van der Waals surface area contributed by atoms with Gasteiger partial charge in [-0.3, -0.25) is 0 Å². The molecule has 140 valence electrons. The Hall–Kier alpha value is -2.21. The number of benzene rings is 1. The highest BCUT2D eigenvalue weighted by atomic mass is 35.5. The SMILES string of the molecule is COc1cc(Nc2cc(C)nc(N3CCCC(C)C3)n2)c(OC)cc1Cl. The second-order valence-corrected chi connectivity index (χ2v) is 7.11. The molecule has 1 aromatic carbocycles. The van der Waals surface area contributed by atoms with Crippen molar-refractivity contribution in [2.45, 2.75) is 26.7 Å². The number of rotatable bonds is 5. The normalized spacial score (nSPS) is 17.1. The minimum atomic E-state index is 0.497. The molecule has 1 atom stereocenters. The van der Waals surface area contributed by atoms with E-state index in [-0.39, 0.29) is 0 Å². The van der Waals surface area contributed by atoms with E-state index in [1.165, 1.54) is 12.8 Å². The number of anilines is 3. The standard InChI is InChI=1S/C19H25ClN4O2/c1-12-6-5-7-24(11-12)19-21-13(2)8-18(23-19)22-15-10-16(25-3)14(20)9-17(15)26-4/h8-10,12H,5-7,11H2,1-4H3,(H,21,22,23). The third kappa shape index (κ3) is 4.12. The Morgan fingerprint density at radius 1 is 1.15 bits per heavy atom. The van der Waals surface area contributed by atoms with E-state index in [2.05, 4.69) is 22.1 Å². The van der Waals surface area contributed by atoms with Crippen LogP contribution in [0.3, 0.4) is 0 Å². The molecule has 26 heavy (non-hydrogen) atoms. The number of aromatic nitrogens is 2. The van der Waals surface area contributed by atoms with Crippen molar-refractivity contribution in [1.82, 2.24) is 9.97 Å². The molecule has 1 aliphatic heterocycles. The first-order chi connectivity index (χ1) is 12.5. The molecule has 3 rings (SSSR count). The van der Waals surface area contributed by atoms with Gasteiger partial charge in [0.15, 0.2) is 0 Å². The lowest BCUT2D eigenvalue weighted by Gasteiger charge is -2.31. The summed E-state index contributed by atoms with van der Waals surface area (Å²) in [6.45, 7) is 6.22.